The van der Waals surface area contributed by atoms with E-state index in [0.29, 0.717) is 43.3 Å². The zero-order chi connectivity index (χ0) is 27.1. The molecule has 0 radical (unpaired) electrons. The molecule has 3 aromatic rings. The minimum Gasteiger partial charge on any atom is -0.366 e. The number of piperazine rings is 1. The molecule has 38 heavy (non-hydrogen) atoms. The topological polar surface area (TPSA) is 98.8 Å². The van der Waals surface area contributed by atoms with E-state index in [9.17, 15) is 18.0 Å². The molecule has 4 rings (SSSR count). The molecule has 1 aliphatic rings. The van der Waals surface area contributed by atoms with E-state index >= 15 is 0 Å². The van der Waals surface area contributed by atoms with Crippen LogP contribution < -0.4 is 14.9 Å². The minimum absolute atomic E-state index is 0.149. The molecule has 8 nitrogen and oxygen atoms in total. The van der Waals surface area contributed by atoms with Crippen LogP contribution in [0.5, 0.6) is 0 Å². The highest BCUT2D eigenvalue weighted by atomic mass is 35.5. The minimum atomic E-state index is -3.43. The van der Waals surface area contributed by atoms with Crippen molar-refractivity contribution in [2.75, 3.05) is 42.1 Å². The second-order valence-corrected chi connectivity index (χ2v) is 11.5. The lowest BCUT2D eigenvalue weighted by molar-refractivity contribution is -0.136. The summed E-state index contributed by atoms with van der Waals surface area (Å²) in [4.78, 5) is 30.3. The van der Waals surface area contributed by atoms with Crippen molar-refractivity contribution in [1.82, 2.24) is 10.2 Å². The largest absolute Gasteiger partial charge is 0.366 e. The van der Waals surface area contributed by atoms with Crippen molar-refractivity contribution < 1.29 is 18.0 Å². The Kier molecular flexibility index (Phi) is 8.91. The molecule has 1 saturated heterocycles. The second kappa shape index (κ2) is 12.3. The van der Waals surface area contributed by atoms with Crippen LogP contribution >= 0.6 is 11.6 Å². The van der Waals surface area contributed by atoms with Crippen LogP contribution in [0.15, 0.2) is 78.9 Å². The molecule has 1 aliphatic heterocycles. The van der Waals surface area contributed by atoms with E-state index in [1.165, 1.54) is 0 Å². The van der Waals surface area contributed by atoms with Crippen LogP contribution in [0, 0.1) is 0 Å². The maximum atomic E-state index is 13.6. The van der Waals surface area contributed by atoms with Crippen LogP contribution in [0.4, 0.5) is 11.4 Å². The first-order valence-electron chi connectivity index (χ1n) is 12.4. The Morgan fingerprint density at radius 1 is 0.868 bits per heavy atom. The Morgan fingerprint density at radius 3 is 2.16 bits per heavy atom. The van der Waals surface area contributed by atoms with E-state index in [0.717, 1.165) is 23.1 Å². The van der Waals surface area contributed by atoms with Gasteiger partial charge in [0.1, 0.15) is 6.04 Å². The van der Waals surface area contributed by atoms with Gasteiger partial charge in [-0.15, -0.1) is 0 Å². The number of hydrogen-bond acceptors (Lipinski definition) is 5. The Labute approximate surface area is 228 Å². The van der Waals surface area contributed by atoms with Gasteiger partial charge < -0.3 is 15.1 Å². The number of nitrogens with zero attached hydrogens (tertiary/aromatic N) is 2. The van der Waals surface area contributed by atoms with Gasteiger partial charge in [-0.1, -0.05) is 66.2 Å². The van der Waals surface area contributed by atoms with Crippen LogP contribution in [0.25, 0.3) is 0 Å². The Morgan fingerprint density at radius 2 is 1.50 bits per heavy atom. The molecular weight excluding hydrogens is 524 g/mol. The zero-order valence-corrected chi connectivity index (χ0v) is 22.7. The van der Waals surface area contributed by atoms with Gasteiger partial charge in [0, 0.05) is 37.6 Å². The number of halogens is 1. The highest BCUT2D eigenvalue weighted by Crippen LogP contribution is 2.27. The van der Waals surface area contributed by atoms with E-state index in [1.807, 2.05) is 54.6 Å². The van der Waals surface area contributed by atoms with Crippen LogP contribution in [-0.4, -0.2) is 63.6 Å². The molecule has 1 heterocycles. The van der Waals surface area contributed by atoms with Gasteiger partial charge in [0.2, 0.25) is 21.8 Å². The summed E-state index contributed by atoms with van der Waals surface area (Å²) in [6.07, 6.45) is 1.65. The first-order valence-corrected chi connectivity index (χ1v) is 14.6. The van der Waals surface area contributed by atoms with Gasteiger partial charge >= 0.3 is 0 Å². The van der Waals surface area contributed by atoms with Gasteiger partial charge in [0.15, 0.2) is 0 Å². The predicted molar refractivity (Wildman–Crippen MR) is 151 cm³/mol. The van der Waals surface area contributed by atoms with Crippen LogP contribution in [0.1, 0.15) is 11.1 Å². The Hall–Kier alpha value is -3.56. The number of nitrogens with one attached hydrogen (secondary N) is 2. The van der Waals surface area contributed by atoms with Gasteiger partial charge in [0.25, 0.3) is 0 Å². The quantitative estimate of drug-likeness (QED) is 0.423. The van der Waals surface area contributed by atoms with Crippen molar-refractivity contribution in [3.05, 3.63) is 95.0 Å². The average molecular weight is 555 g/mol. The summed E-state index contributed by atoms with van der Waals surface area (Å²) in [6, 6.07) is 23.1. The molecule has 200 valence electrons. The third kappa shape index (κ3) is 7.72. The van der Waals surface area contributed by atoms with E-state index in [2.05, 4.69) is 14.9 Å². The van der Waals surface area contributed by atoms with Crippen molar-refractivity contribution >= 4 is 44.8 Å². The van der Waals surface area contributed by atoms with Gasteiger partial charge in [-0.2, -0.15) is 0 Å². The Balaban J connectivity index is 1.45. The van der Waals surface area contributed by atoms with Gasteiger partial charge in [-0.25, -0.2) is 8.42 Å². The van der Waals surface area contributed by atoms with Crippen LogP contribution in [0.2, 0.25) is 5.02 Å². The summed E-state index contributed by atoms with van der Waals surface area (Å²) in [5.74, 6) is -0.369. The summed E-state index contributed by atoms with van der Waals surface area (Å²) in [6.45, 7) is 1.94. The number of amides is 2. The molecule has 1 atom stereocenters. The monoisotopic (exact) mass is 554 g/mol. The van der Waals surface area contributed by atoms with Crippen molar-refractivity contribution in [1.29, 1.82) is 0 Å². The number of para-hydroxylation sites is 2. The fourth-order valence-electron chi connectivity index (χ4n) is 4.51. The molecule has 0 bridgehead atoms. The number of carbonyl (C=O) groups excluding carboxylic acids is 2. The maximum Gasteiger partial charge on any atom is 0.245 e. The second-order valence-electron chi connectivity index (χ2n) is 9.32. The molecule has 0 aliphatic carbocycles. The van der Waals surface area contributed by atoms with Crippen molar-refractivity contribution in [3.8, 4) is 0 Å². The first kappa shape index (κ1) is 27.5. The fraction of sp³-hybridized carbons (Fsp3) is 0.286. The summed E-state index contributed by atoms with van der Waals surface area (Å²) in [7, 11) is -3.43. The van der Waals surface area contributed by atoms with Gasteiger partial charge in [-0.05, 0) is 35.4 Å². The summed E-state index contributed by atoms with van der Waals surface area (Å²) in [5.41, 5.74) is 3.03. The third-order valence-corrected chi connectivity index (χ3v) is 7.17. The van der Waals surface area contributed by atoms with E-state index < -0.39 is 16.1 Å². The van der Waals surface area contributed by atoms with Crippen molar-refractivity contribution in [3.63, 3.8) is 0 Å². The van der Waals surface area contributed by atoms with E-state index in [-0.39, 0.29) is 18.2 Å². The molecule has 0 saturated carbocycles. The molecule has 2 amide bonds. The maximum absolute atomic E-state index is 13.6. The smallest absolute Gasteiger partial charge is 0.245 e. The summed E-state index contributed by atoms with van der Waals surface area (Å²) < 4.78 is 26.2. The van der Waals surface area contributed by atoms with Crippen molar-refractivity contribution in [2.45, 2.75) is 18.9 Å². The van der Waals surface area contributed by atoms with Gasteiger partial charge in [0.05, 0.1) is 24.1 Å². The van der Waals surface area contributed by atoms with Crippen LogP contribution in [-0.2, 0) is 32.5 Å². The first-order chi connectivity index (χ1) is 18.2. The summed E-state index contributed by atoms with van der Waals surface area (Å²) in [5, 5.41) is 3.55. The normalized spacial score (nSPS) is 14.6. The molecule has 0 spiro atoms. The van der Waals surface area contributed by atoms with E-state index in [4.69, 9.17) is 11.6 Å². The SMILES string of the molecule is CS(=O)(=O)Nc1ccccc1N1CCN(C(=O)[C@@H](Cc2ccc(Cl)cc2)NC(=O)Cc2ccccc2)CC1. The molecule has 0 unspecified atom stereocenters. The van der Waals surface area contributed by atoms with Crippen LogP contribution in [0.3, 0.4) is 0 Å². The van der Waals surface area contributed by atoms with Gasteiger partial charge in [-0.3, -0.25) is 14.3 Å². The standard InChI is InChI=1S/C28H31ClN4O4S/c1-38(36,37)31-24-9-5-6-10-26(24)32-15-17-33(18-16-32)28(35)25(19-22-11-13-23(29)14-12-22)30-27(34)20-21-7-3-2-4-8-21/h2-14,25,31H,15-20H2,1H3,(H,30,34)/t25-/m1/s1. The predicted octanol–water partition coefficient (Wildman–Crippen LogP) is 3.33. The van der Waals surface area contributed by atoms with Crippen molar-refractivity contribution in [2.24, 2.45) is 0 Å². The highest BCUT2D eigenvalue weighted by molar-refractivity contribution is 7.92. The Bertz CT molecular complexity index is 1360. The lowest BCUT2D eigenvalue weighted by atomic mass is 10.0. The number of benzene rings is 3. The molecule has 3 aromatic carbocycles. The molecule has 10 heteroatoms. The number of rotatable bonds is 9. The molecule has 2 N–H and O–H groups in total. The number of anilines is 2. The lowest BCUT2D eigenvalue weighted by Crippen LogP contribution is -2.55. The molecular formula is C28H31ClN4O4S. The molecule has 0 aromatic heterocycles. The average Bonchev–Trinajstić information content (AvgIpc) is 2.89. The summed E-state index contributed by atoms with van der Waals surface area (Å²) >= 11 is 6.03. The lowest BCUT2D eigenvalue weighted by Gasteiger charge is -2.38. The third-order valence-electron chi connectivity index (χ3n) is 6.33. The number of hydrogen-bond donors (Lipinski definition) is 2. The zero-order valence-electron chi connectivity index (χ0n) is 21.1. The highest BCUT2D eigenvalue weighted by Gasteiger charge is 2.29. The number of carbonyl (C=O) groups is 2. The number of sulfonamides is 1. The van der Waals surface area contributed by atoms with E-state index in [1.54, 1.807) is 29.2 Å². The fourth-order valence-corrected chi connectivity index (χ4v) is 5.20. The molecule has 1 fully saturated rings.